The molecule has 1 saturated heterocycles. The molecule has 152 valence electrons. The van der Waals surface area contributed by atoms with Crippen molar-refractivity contribution in [1.82, 2.24) is 4.90 Å². The summed E-state index contributed by atoms with van der Waals surface area (Å²) in [6, 6.07) is 7.00. The van der Waals surface area contributed by atoms with Crippen molar-refractivity contribution in [1.29, 1.82) is 0 Å². The number of halogens is 2. The molecule has 0 atom stereocenters. The first kappa shape index (κ1) is 21.8. The molecule has 0 aliphatic carbocycles. The molecule has 0 aromatic heterocycles. The van der Waals surface area contributed by atoms with Crippen molar-refractivity contribution < 1.29 is 19.4 Å². The average molecular weight is 484 g/mol. The number of imide groups is 1. The van der Waals surface area contributed by atoms with Crippen molar-refractivity contribution in [3.05, 3.63) is 82.7 Å². The highest BCUT2D eigenvalue weighted by Gasteiger charge is 2.38. The van der Waals surface area contributed by atoms with Gasteiger partial charge in [-0.2, -0.15) is 0 Å². The number of carbonyl (C=O) groups is 2. The predicted octanol–water partition coefficient (Wildman–Crippen LogP) is 4.85. The van der Waals surface area contributed by atoms with E-state index in [0.717, 1.165) is 23.9 Å². The number of rotatable bonds is 4. The van der Waals surface area contributed by atoms with E-state index in [1.807, 2.05) is 0 Å². The topological polar surface area (TPSA) is 124 Å². The first-order valence-corrected chi connectivity index (χ1v) is 9.78. The number of amides is 2. The molecule has 3 rings (SSSR count). The largest absolute Gasteiger partial charge is 0.277 e. The van der Waals surface area contributed by atoms with Crippen LogP contribution in [-0.4, -0.2) is 30.9 Å². The molecule has 1 aliphatic rings. The molecule has 30 heavy (non-hydrogen) atoms. The van der Waals surface area contributed by atoms with Crippen molar-refractivity contribution >= 4 is 80.8 Å². The fourth-order valence-corrected chi connectivity index (χ4v) is 4.17. The van der Waals surface area contributed by atoms with Crippen LogP contribution in [0.3, 0.4) is 0 Å². The van der Waals surface area contributed by atoms with Gasteiger partial charge in [0.05, 0.1) is 26.4 Å². The van der Waals surface area contributed by atoms with Crippen LogP contribution in [0.5, 0.6) is 0 Å². The van der Waals surface area contributed by atoms with Gasteiger partial charge in [-0.1, -0.05) is 53.2 Å². The summed E-state index contributed by atoms with van der Waals surface area (Å²) in [6.45, 7) is 0. The van der Waals surface area contributed by atoms with E-state index in [0.29, 0.717) is 21.6 Å². The van der Waals surface area contributed by atoms with Crippen LogP contribution in [0.2, 0.25) is 10.0 Å². The van der Waals surface area contributed by atoms with Gasteiger partial charge < -0.3 is 0 Å². The summed E-state index contributed by atoms with van der Waals surface area (Å²) in [5, 5.41) is 22.8. The molecule has 0 radical (unpaired) electrons. The summed E-state index contributed by atoms with van der Waals surface area (Å²) >= 11 is 17.8. The lowest BCUT2D eigenvalue weighted by Crippen LogP contribution is -2.34. The lowest BCUT2D eigenvalue weighted by Gasteiger charge is -2.12. The highest BCUT2D eigenvalue weighted by molar-refractivity contribution is 8.26. The van der Waals surface area contributed by atoms with Gasteiger partial charge in [-0.05, 0) is 23.8 Å². The number of nitrogens with zero attached hydrogens (tertiary/aromatic N) is 3. The Bertz CT molecular complexity index is 1150. The molecule has 0 spiro atoms. The number of carbonyl (C=O) groups excluding carboxylic acids is 2. The summed E-state index contributed by atoms with van der Waals surface area (Å²) in [5.41, 5.74) is -1.29. The second-order valence-electron chi connectivity index (χ2n) is 5.74. The van der Waals surface area contributed by atoms with E-state index < -0.39 is 38.6 Å². The Morgan fingerprint density at radius 2 is 1.67 bits per heavy atom. The number of nitro groups is 2. The van der Waals surface area contributed by atoms with Gasteiger partial charge in [-0.15, -0.1) is 0 Å². The second-order valence-corrected chi connectivity index (χ2v) is 8.26. The van der Waals surface area contributed by atoms with Crippen molar-refractivity contribution in [3.8, 4) is 0 Å². The van der Waals surface area contributed by atoms with Crippen LogP contribution in [0.1, 0.15) is 15.9 Å². The SMILES string of the molecule is O=C1/C(=C\c2ccc(Cl)cc2Cl)SC(=S)N1C(=O)c1cc([N+](=O)[O-])cc([N+](=O)[O-])c1. The van der Waals surface area contributed by atoms with E-state index >= 15 is 0 Å². The maximum absolute atomic E-state index is 12.8. The van der Waals surface area contributed by atoms with Crippen LogP contribution >= 0.6 is 47.2 Å². The Morgan fingerprint density at radius 1 is 1.07 bits per heavy atom. The van der Waals surface area contributed by atoms with Crippen LogP contribution in [0.25, 0.3) is 6.08 Å². The van der Waals surface area contributed by atoms with E-state index in [9.17, 15) is 29.8 Å². The van der Waals surface area contributed by atoms with E-state index in [1.165, 1.54) is 12.1 Å². The molecule has 9 nitrogen and oxygen atoms in total. The van der Waals surface area contributed by atoms with E-state index in [-0.39, 0.29) is 14.2 Å². The Morgan fingerprint density at radius 3 is 2.20 bits per heavy atom. The zero-order valence-electron chi connectivity index (χ0n) is 14.4. The summed E-state index contributed by atoms with van der Waals surface area (Å²) in [4.78, 5) is 46.6. The monoisotopic (exact) mass is 483 g/mol. The molecule has 0 saturated carbocycles. The first-order valence-electron chi connectivity index (χ1n) is 7.79. The number of non-ortho nitro benzene ring substituents is 2. The second kappa shape index (κ2) is 8.48. The summed E-state index contributed by atoms with van der Waals surface area (Å²) < 4.78 is -0.129. The molecule has 0 bridgehead atoms. The van der Waals surface area contributed by atoms with Gasteiger partial charge in [-0.3, -0.25) is 29.8 Å². The minimum Gasteiger partial charge on any atom is -0.268 e. The van der Waals surface area contributed by atoms with Gasteiger partial charge in [-0.25, -0.2) is 4.90 Å². The molecule has 0 N–H and O–H groups in total. The van der Waals surface area contributed by atoms with Gasteiger partial charge in [0, 0.05) is 22.2 Å². The Labute approximate surface area is 187 Å². The third-order valence-corrected chi connectivity index (χ3v) is 5.68. The zero-order valence-corrected chi connectivity index (χ0v) is 17.5. The molecule has 1 fully saturated rings. The molecule has 2 aromatic carbocycles. The Balaban J connectivity index is 1.98. The maximum Gasteiger partial charge on any atom is 0.277 e. The number of hydrogen-bond acceptors (Lipinski definition) is 8. The molecule has 13 heteroatoms. The number of nitro benzene ring substituents is 2. The van der Waals surface area contributed by atoms with Crippen molar-refractivity contribution in [2.45, 2.75) is 0 Å². The molecule has 1 aliphatic heterocycles. The number of thiocarbonyl (C=S) groups is 1. The molecule has 0 unspecified atom stereocenters. The molecule has 1 heterocycles. The predicted molar refractivity (Wildman–Crippen MR) is 116 cm³/mol. The fourth-order valence-electron chi connectivity index (χ4n) is 2.46. The van der Waals surface area contributed by atoms with E-state index in [2.05, 4.69) is 0 Å². The van der Waals surface area contributed by atoms with Gasteiger partial charge in [0.2, 0.25) is 0 Å². The number of benzene rings is 2. The lowest BCUT2D eigenvalue weighted by molar-refractivity contribution is -0.394. The quantitative estimate of drug-likeness (QED) is 0.198. The minimum atomic E-state index is -1.02. The third-order valence-electron chi connectivity index (χ3n) is 3.82. The maximum atomic E-state index is 12.8. The van der Waals surface area contributed by atoms with Crippen LogP contribution in [0.15, 0.2) is 41.3 Å². The van der Waals surface area contributed by atoms with Crippen molar-refractivity contribution in [3.63, 3.8) is 0 Å². The highest BCUT2D eigenvalue weighted by atomic mass is 35.5. The minimum absolute atomic E-state index is 0.0810. The Kier molecular flexibility index (Phi) is 6.17. The normalized spacial score (nSPS) is 15.0. The first-order chi connectivity index (χ1) is 14.1. The van der Waals surface area contributed by atoms with Gasteiger partial charge in [0.1, 0.15) is 0 Å². The summed E-state index contributed by atoms with van der Waals surface area (Å²) in [6.07, 6.45) is 1.42. The van der Waals surface area contributed by atoms with E-state index in [4.69, 9.17) is 35.4 Å². The van der Waals surface area contributed by atoms with Crippen LogP contribution < -0.4 is 0 Å². The van der Waals surface area contributed by atoms with Crippen LogP contribution in [0, 0.1) is 20.2 Å². The molecule has 2 aromatic rings. The van der Waals surface area contributed by atoms with Crippen LogP contribution in [-0.2, 0) is 4.79 Å². The number of hydrogen-bond donors (Lipinski definition) is 0. The molecule has 2 amide bonds. The van der Waals surface area contributed by atoms with E-state index in [1.54, 1.807) is 12.1 Å². The smallest absolute Gasteiger partial charge is 0.268 e. The van der Waals surface area contributed by atoms with Crippen LogP contribution in [0.4, 0.5) is 11.4 Å². The Hall–Kier alpha value is -2.86. The highest BCUT2D eigenvalue weighted by Crippen LogP contribution is 2.36. The van der Waals surface area contributed by atoms with Gasteiger partial charge in [0.15, 0.2) is 4.32 Å². The van der Waals surface area contributed by atoms with Gasteiger partial charge in [0.25, 0.3) is 23.2 Å². The lowest BCUT2D eigenvalue weighted by atomic mass is 10.1. The third kappa shape index (κ3) is 4.33. The van der Waals surface area contributed by atoms with Crippen molar-refractivity contribution in [2.24, 2.45) is 0 Å². The molecular weight excluding hydrogens is 477 g/mol. The summed E-state index contributed by atoms with van der Waals surface area (Å²) in [5.74, 6) is -1.80. The number of thioether (sulfide) groups is 1. The standard InChI is InChI=1S/C17H7Cl2N3O6S2/c18-10-2-1-8(13(19)6-10)5-14-16(24)20(17(29)30-14)15(23)9-3-11(21(25)26)7-12(4-9)22(27)28/h1-7H/b14-5+. The zero-order chi connectivity index (χ0) is 22.2. The fraction of sp³-hybridized carbons (Fsp3) is 0. The van der Waals surface area contributed by atoms with Crippen molar-refractivity contribution in [2.75, 3.05) is 0 Å². The molecular formula is C17H7Cl2N3O6S2. The average Bonchev–Trinajstić information content (AvgIpc) is 2.96. The van der Waals surface area contributed by atoms with Gasteiger partial charge >= 0.3 is 0 Å². The summed E-state index contributed by atoms with van der Waals surface area (Å²) in [7, 11) is 0.